The molecule has 0 aliphatic carbocycles. The van der Waals surface area contributed by atoms with Crippen molar-refractivity contribution in [2.24, 2.45) is 0 Å². The minimum Gasteiger partial charge on any atom is -0.386 e. The number of aliphatic hydroxyl groups is 1. The van der Waals surface area contributed by atoms with Crippen LogP contribution in [-0.2, 0) is 18.3 Å². The molecule has 0 aliphatic heterocycles. The molecule has 0 unspecified atom stereocenters. The Balaban J connectivity index is 1.93. The summed E-state index contributed by atoms with van der Waals surface area (Å²) in [5.74, 6) is -0.806. The van der Waals surface area contributed by atoms with Crippen LogP contribution in [0, 0.1) is 0 Å². The van der Waals surface area contributed by atoms with Gasteiger partial charge in [0.2, 0.25) is 0 Å². The first-order valence-electron chi connectivity index (χ1n) is 10.7. The van der Waals surface area contributed by atoms with Gasteiger partial charge in [0.1, 0.15) is 11.4 Å². The van der Waals surface area contributed by atoms with Gasteiger partial charge >= 0.3 is 6.18 Å². The molecule has 0 fully saturated rings. The van der Waals surface area contributed by atoms with Crippen LogP contribution in [0.5, 0.6) is 0 Å². The van der Waals surface area contributed by atoms with Gasteiger partial charge in [0.25, 0.3) is 5.91 Å². The normalized spacial score (nSPS) is 12.5. The Morgan fingerprint density at radius 3 is 2.48 bits per heavy atom. The Morgan fingerprint density at radius 2 is 1.88 bits per heavy atom. The van der Waals surface area contributed by atoms with Crippen LogP contribution >= 0.6 is 0 Å². The van der Waals surface area contributed by atoms with Gasteiger partial charge < -0.3 is 15.3 Å². The summed E-state index contributed by atoms with van der Waals surface area (Å²) in [7, 11) is 0. The van der Waals surface area contributed by atoms with Gasteiger partial charge in [-0.05, 0) is 51.2 Å². The number of carbonyl (C=O) groups is 1. The first-order chi connectivity index (χ1) is 15.4. The Labute approximate surface area is 190 Å². The maximum atomic E-state index is 13.0. The van der Waals surface area contributed by atoms with Crippen molar-refractivity contribution in [1.82, 2.24) is 19.7 Å². The number of aromatic nitrogens is 3. The topological polar surface area (TPSA) is 83.3 Å². The summed E-state index contributed by atoms with van der Waals surface area (Å²) in [4.78, 5) is 18.4. The number of hydrogen-bond donors (Lipinski definition) is 2. The highest BCUT2D eigenvalue weighted by Crippen LogP contribution is 2.32. The largest absolute Gasteiger partial charge is 0.433 e. The van der Waals surface area contributed by atoms with E-state index in [1.807, 2.05) is 6.20 Å². The molecule has 0 radical (unpaired) electrons. The second kappa shape index (κ2) is 9.48. The Morgan fingerprint density at radius 1 is 1.18 bits per heavy atom. The van der Waals surface area contributed by atoms with Gasteiger partial charge in [-0.3, -0.25) is 9.48 Å². The third-order valence-electron chi connectivity index (χ3n) is 5.41. The minimum absolute atomic E-state index is 0.280. The van der Waals surface area contributed by atoms with Crippen LogP contribution in [-0.4, -0.2) is 50.3 Å². The summed E-state index contributed by atoms with van der Waals surface area (Å²) in [6, 6.07) is 6.48. The SMILES string of the molecule is CCN(CC)CCn1cc2cc(NC(=O)c3cccc(C(F)(F)F)n3)c(C(C)(C)O)cc2n1. The van der Waals surface area contributed by atoms with Crippen molar-refractivity contribution in [3.63, 3.8) is 0 Å². The number of amides is 1. The van der Waals surface area contributed by atoms with Gasteiger partial charge in [-0.25, -0.2) is 4.98 Å². The summed E-state index contributed by atoms with van der Waals surface area (Å²) in [6.45, 7) is 10.7. The predicted octanol–water partition coefficient (Wildman–Crippen LogP) is 4.27. The van der Waals surface area contributed by atoms with Crippen LogP contribution in [0.1, 0.15) is 49.4 Å². The molecule has 2 aromatic heterocycles. The summed E-state index contributed by atoms with van der Waals surface area (Å²) in [6.07, 6.45) is -2.82. The molecule has 3 rings (SSSR count). The van der Waals surface area contributed by atoms with E-state index in [2.05, 4.69) is 34.1 Å². The number of likely N-dealkylation sites (N-methyl/N-ethyl adjacent to an activating group) is 1. The highest BCUT2D eigenvalue weighted by molar-refractivity contribution is 6.04. The van der Waals surface area contributed by atoms with E-state index >= 15 is 0 Å². The fraction of sp³-hybridized carbons (Fsp3) is 0.435. The summed E-state index contributed by atoms with van der Waals surface area (Å²) >= 11 is 0. The number of halogens is 3. The summed E-state index contributed by atoms with van der Waals surface area (Å²) < 4.78 is 40.7. The van der Waals surface area contributed by atoms with Crippen LogP contribution in [0.15, 0.2) is 36.5 Å². The van der Waals surface area contributed by atoms with Gasteiger partial charge in [-0.2, -0.15) is 18.3 Å². The van der Waals surface area contributed by atoms with Crippen molar-refractivity contribution in [2.45, 2.75) is 46.0 Å². The lowest BCUT2D eigenvalue weighted by molar-refractivity contribution is -0.141. The molecule has 0 atom stereocenters. The second-order valence-electron chi connectivity index (χ2n) is 8.29. The maximum Gasteiger partial charge on any atom is 0.433 e. The lowest BCUT2D eigenvalue weighted by Crippen LogP contribution is -2.27. The number of hydrogen-bond acceptors (Lipinski definition) is 5. The van der Waals surface area contributed by atoms with E-state index in [-0.39, 0.29) is 11.4 Å². The van der Waals surface area contributed by atoms with E-state index in [4.69, 9.17) is 0 Å². The van der Waals surface area contributed by atoms with E-state index < -0.39 is 23.4 Å². The fourth-order valence-corrected chi connectivity index (χ4v) is 3.54. The fourth-order valence-electron chi connectivity index (χ4n) is 3.54. The smallest absolute Gasteiger partial charge is 0.386 e. The number of rotatable bonds is 8. The van der Waals surface area contributed by atoms with Crippen LogP contribution in [0.4, 0.5) is 18.9 Å². The monoisotopic (exact) mass is 463 g/mol. The third-order valence-corrected chi connectivity index (χ3v) is 5.41. The van der Waals surface area contributed by atoms with Crippen molar-refractivity contribution < 1.29 is 23.1 Å². The number of pyridine rings is 1. The molecule has 0 aliphatic rings. The predicted molar refractivity (Wildman–Crippen MR) is 120 cm³/mol. The Kier molecular flexibility index (Phi) is 7.08. The molecule has 0 spiro atoms. The molecule has 0 bridgehead atoms. The van der Waals surface area contributed by atoms with E-state index in [1.165, 1.54) is 6.07 Å². The molecule has 0 saturated heterocycles. The molecular formula is C23H28F3N5O2. The van der Waals surface area contributed by atoms with Crippen molar-refractivity contribution >= 4 is 22.5 Å². The van der Waals surface area contributed by atoms with Gasteiger partial charge in [-0.1, -0.05) is 19.9 Å². The second-order valence-corrected chi connectivity index (χ2v) is 8.29. The first kappa shape index (κ1) is 24.7. The van der Waals surface area contributed by atoms with Crippen molar-refractivity contribution in [2.75, 3.05) is 25.0 Å². The molecule has 10 heteroatoms. The Hall–Kier alpha value is -2.98. The molecule has 7 nitrogen and oxygen atoms in total. The van der Waals surface area contributed by atoms with E-state index in [9.17, 15) is 23.1 Å². The van der Waals surface area contributed by atoms with Crippen LogP contribution in [0.25, 0.3) is 10.9 Å². The van der Waals surface area contributed by atoms with E-state index in [0.717, 1.165) is 37.2 Å². The highest BCUT2D eigenvalue weighted by atomic mass is 19.4. The highest BCUT2D eigenvalue weighted by Gasteiger charge is 2.33. The van der Waals surface area contributed by atoms with E-state index in [1.54, 1.807) is 30.7 Å². The molecule has 1 aromatic carbocycles. The van der Waals surface area contributed by atoms with Gasteiger partial charge in [0, 0.05) is 29.4 Å². The lowest BCUT2D eigenvalue weighted by Gasteiger charge is -2.22. The zero-order valence-corrected chi connectivity index (χ0v) is 19.1. The van der Waals surface area contributed by atoms with Crippen molar-refractivity contribution in [3.05, 3.63) is 53.5 Å². The summed E-state index contributed by atoms with van der Waals surface area (Å²) in [5.41, 5.74) is -1.54. The maximum absolute atomic E-state index is 13.0. The molecular weight excluding hydrogens is 435 g/mol. The van der Waals surface area contributed by atoms with E-state index in [0.29, 0.717) is 17.6 Å². The van der Waals surface area contributed by atoms with Crippen LogP contribution in [0.2, 0.25) is 0 Å². The number of fused-ring (bicyclic) bond motifs is 1. The minimum atomic E-state index is -4.66. The number of benzene rings is 1. The number of carbonyl (C=O) groups excluding carboxylic acids is 1. The third kappa shape index (κ3) is 5.88. The zero-order valence-electron chi connectivity index (χ0n) is 19.1. The standard InChI is InChI=1S/C23H28F3N5O2/c1-5-30(6-2)10-11-31-14-15-12-19(16(22(3,4)33)13-18(15)29-31)28-21(32)17-8-7-9-20(27-17)23(24,25)26/h7-9,12-14,33H,5-6,10-11H2,1-4H3,(H,28,32). The van der Waals surface area contributed by atoms with Crippen LogP contribution < -0.4 is 5.32 Å². The molecule has 178 valence electrons. The molecule has 33 heavy (non-hydrogen) atoms. The van der Waals surface area contributed by atoms with Gasteiger partial charge in [-0.15, -0.1) is 0 Å². The number of alkyl halides is 3. The number of nitrogens with zero attached hydrogens (tertiary/aromatic N) is 4. The molecule has 0 saturated carbocycles. The average Bonchev–Trinajstić information content (AvgIpc) is 3.14. The zero-order chi connectivity index (χ0) is 24.4. The van der Waals surface area contributed by atoms with Crippen LogP contribution in [0.3, 0.4) is 0 Å². The lowest BCUT2D eigenvalue weighted by atomic mass is 9.95. The van der Waals surface area contributed by atoms with Gasteiger partial charge in [0.05, 0.1) is 17.7 Å². The average molecular weight is 464 g/mol. The van der Waals surface area contributed by atoms with Gasteiger partial charge in [0.15, 0.2) is 0 Å². The molecule has 2 heterocycles. The van der Waals surface area contributed by atoms with Crippen molar-refractivity contribution in [1.29, 1.82) is 0 Å². The molecule has 2 N–H and O–H groups in total. The Bertz CT molecular complexity index is 1130. The number of nitrogens with one attached hydrogen (secondary N) is 1. The van der Waals surface area contributed by atoms with Crippen molar-refractivity contribution in [3.8, 4) is 0 Å². The summed E-state index contributed by atoms with van der Waals surface area (Å²) in [5, 5.41) is 18.6. The molecule has 3 aromatic rings. The molecule has 1 amide bonds. The number of anilines is 1. The quantitative estimate of drug-likeness (QED) is 0.521. The first-order valence-corrected chi connectivity index (χ1v) is 10.7.